The van der Waals surface area contributed by atoms with Gasteiger partial charge in [-0.25, -0.2) is 0 Å². The van der Waals surface area contributed by atoms with Gasteiger partial charge in [0.05, 0.1) is 0 Å². The fraction of sp³-hybridized carbons (Fsp3) is 0.462. The van der Waals surface area contributed by atoms with E-state index in [4.69, 9.17) is 5.73 Å². The highest BCUT2D eigenvalue weighted by Crippen LogP contribution is 2.47. The van der Waals surface area contributed by atoms with Gasteiger partial charge in [-0.05, 0) is 30.9 Å². The van der Waals surface area contributed by atoms with E-state index >= 15 is 0 Å². The Morgan fingerprint density at radius 3 is 2.73 bits per heavy atom. The normalized spacial score (nSPS) is 17.5. The molecule has 2 rings (SSSR count). The molecule has 0 spiro atoms. The van der Waals surface area contributed by atoms with Crippen molar-refractivity contribution in [1.29, 1.82) is 0 Å². The minimum atomic E-state index is -0.216. The van der Waals surface area contributed by atoms with E-state index in [2.05, 4.69) is 13.0 Å². The lowest BCUT2D eigenvalue weighted by Gasteiger charge is -2.11. The number of carbonyl (C=O) groups excluding carboxylic acids is 1. The van der Waals surface area contributed by atoms with Gasteiger partial charge in [-0.2, -0.15) is 0 Å². The molecule has 15 heavy (non-hydrogen) atoms. The van der Waals surface area contributed by atoms with Crippen molar-refractivity contribution in [3.8, 4) is 0 Å². The Balaban J connectivity index is 2.26. The van der Waals surface area contributed by atoms with Crippen molar-refractivity contribution < 1.29 is 4.79 Å². The molecule has 2 heteroatoms. The minimum absolute atomic E-state index is 0.216. The second kappa shape index (κ2) is 3.78. The standard InChI is InChI=1S/C13H17NO/c1-2-10-4-3-5-11(8-10)12(15)13(9-14)6-7-13/h3-5,8H,2,6-7,9,14H2,1H3. The third-order valence-electron chi connectivity index (χ3n) is 3.32. The minimum Gasteiger partial charge on any atom is -0.329 e. The highest BCUT2D eigenvalue weighted by atomic mass is 16.1. The topological polar surface area (TPSA) is 43.1 Å². The number of nitrogens with two attached hydrogens (primary N) is 1. The largest absolute Gasteiger partial charge is 0.329 e. The fourth-order valence-electron chi connectivity index (χ4n) is 1.91. The second-order valence-corrected chi connectivity index (χ2v) is 4.37. The molecule has 2 nitrogen and oxygen atoms in total. The Kier molecular flexibility index (Phi) is 2.61. The van der Waals surface area contributed by atoms with Crippen molar-refractivity contribution in [1.82, 2.24) is 0 Å². The van der Waals surface area contributed by atoms with Crippen molar-refractivity contribution in [2.75, 3.05) is 6.54 Å². The van der Waals surface area contributed by atoms with Gasteiger partial charge >= 0.3 is 0 Å². The molecule has 1 aliphatic carbocycles. The van der Waals surface area contributed by atoms with Crippen molar-refractivity contribution >= 4 is 5.78 Å². The van der Waals surface area contributed by atoms with E-state index in [0.717, 1.165) is 24.8 Å². The zero-order valence-corrected chi connectivity index (χ0v) is 9.12. The van der Waals surface area contributed by atoms with Crippen LogP contribution in [0.2, 0.25) is 0 Å². The van der Waals surface area contributed by atoms with Crippen molar-refractivity contribution in [2.45, 2.75) is 26.2 Å². The van der Waals surface area contributed by atoms with Crippen LogP contribution in [0.25, 0.3) is 0 Å². The summed E-state index contributed by atoms with van der Waals surface area (Å²) in [5, 5.41) is 0. The number of hydrogen-bond acceptors (Lipinski definition) is 2. The third kappa shape index (κ3) is 1.82. The molecule has 0 aliphatic heterocycles. The maximum Gasteiger partial charge on any atom is 0.170 e. The predicted octanol–water partition coefficient (Wildman–Crippen LogP) is 2.17. The molecule has 0 unspecified atom stereocenters. The maximum atomic E-state index is 12.1. The van der Waals surface area contributed by atoms with Gasteiger partial charge in [-0.15, -0.1) is 0 Å². The lowest BCUT2D eigenvalue weighted by atomic mass is 9.93. The molecule has 1 aromatic carbocycles. The van der Waals surface area contributed by atoms with E-state index in [1.807, 2.05) is 18.2 Å². The molecular formula is C13H17NO. The lowest BCUT2D eigenvalue weighted by molar-refractivity contribution is 0.0905. The molecule has 0 heterocycles. The molecule has 0 amide bonds. The van der Waals surface area contributed by atoms with Gasteiger partial charge < -0.3 is 5.73 Å². The van der Waals surface area contributed by atoms with E-state index in [-0.39, 0.29) is 11.2 Å². The van der Waals surface area contributed by atoms with Crippen molar-refractivity contribution in [3.63, 3.8) is 0 Å². The summed E-state index contributed by atoms with van der Waals surface area (Å²) in [6.07, 6.45) is 2.88. The first-order valence-electron chi connectivity index (χ1n) is 5.56. The highest BCUT2D eigenvalue weighted by molar-refractivity contribution is 6.02. The van der Waals surface area contributed by atoms with E-state index in [9.17, 15) is 4.79 Å². The number of ketones is 1. The lowest BCUT2D eigenvalue weighted by Crippen LogP contribution is -2.25. The summed E-state index contributed by atoms with van der Waals surface area (Å²) >= 11 is 0. The zero-order valence-electron chi connectivity index (χ0n) is 9.12. The van der Waals surface area contributed by atoms with E-state index in [0.29, 0.717) is 6.54 Å². The van der Waals surface area contributed by atoms with Crippen LogP contribution in [0.1, 0.15) is 35.7 Å². The average Bonchev–Trinajstić information content (AvgIpc) is 3.09. The number of Topliss-reactive ketones (excluding diaryl/α,β-unsaturated/α-hetero) is 1. The van der Waals surface area contributed by atoms with Crippen LogP contribution < -0.4 is 5.73 Å². The summed E-state index contributed by atoms with van der Waals surface area (Å²) < 4.78 is 0. The summed E-state index contributed by atoms with van der Waals surface area (Å²) in [7, 11) is 0. The van der Waals surface area contributed by atoms with Gasteiger partial charge in [-0.3, -0.25) is 4.79 Å². The Morgan fingerprint density at radius 2 is 2.20 bits per heavy atom. The first-order valence-corrected chi connectivity index (χ1v) is 5.56. The van der Waals surface area contributed by atoms with Crippen LogP contribution in [0, 0.1) is 5.41 Å². The molecule has 0 atom stereocenters. The van der Waals surface area contributed by atoms with Gasteiger partial charge in [-0.1, -0.05) is 25.1 Å². The SMILES string of the molecule is CCc1cccc(C(=O)C2(CN)CC2)c1. The Hall–Kier alpha value is -1.15. The molecule has 1 fully saturated rings. The Labute approximate surface area is 90.5 Å². The third-order valence-corrected chi connectivity index (χ3v) is 3.32. The van der Waals surface area contributed by atoms with Gasteiger partial charge in [0.15, 0.2) is 5.78 Å². The van der Waals surface area contributed by atoms with Crippen molar-refractivity contribution in [2.24, 2.45) is 11.1 Å². The summed E-state index contributed by atoms with van der Waals surface area (Å²) in [5.41, 5.74) is 7.49. The molecule has 0 saturated heterocycles. The summed E-state index contributed by atoms with van der Waals surface area (Å²) in [5.74, 6) is 0.236. The van der Waals surface area contributed by atoms with Crippen LogP contribution in [0.3, 0.4) is 0 Å². The van der Waals surface area contributed by atoms with Crippen LogP contribution in [0.4, 0.5) is 0 Å². The molecule has 0 aromatic heterocycles. The first-order chi connectivity index (χ1) is 7.22. The number of carbonyl (C=O) groups is 1. The monoisotopic (exact) mass is 203 g/mol. The Bertz CT molecular complexity index is 380. The summed E-state index contributed by atoms with van der Waals surface area (Å²) in [6.45, 7) is 2.58. The highest BCUT2D eigenvalue weighted by Gasteiger charge is 2.48. The summed E-state index contributed by atoms with van der Waals surface area (Å²) in [4.78, 5) is 12.1. The van der Waals surface area contributed by atoms with E-state index in [1.165, 1.54) is 5.56 Å². The Morgan fingerprint density at radius 1 is 1.47 bits per heavy atom. The smallest absolute Gasteiger partial charge is 0.170 e. The quantitative estimate of drug-likeness (QED) is 0.762. The van der Waals surface area contributed by atoms with Gasteiger partial charge in [0.25, 0.3) is 0 Å². The molecular weight excluding hydrogens is 186 g/mol. The molecule has 0 bridgehead atoms. The van der Waals surface area contributed by atoms with E-state index < -0.39 is 0 Å². The molecule has 1 aromatic rings. The molecule has 80 valence electrons. The fourth-order valence-corrected chi connectivity index (χ4v) is 1.91. The zero-order chi connectivity index (χ0) is 10.9. The van der Waals surface area contributed by atoms with Gasteiger partial charge in [0.1, 0.15) is 0 Å². The maximum absolute atomic E-state index is 12.1. The predicted molar refractivity (Wildman–Crippen MR) is 60.9 cm³/mol. The average molecular weight is 203 g/mol. The first kappa shape index (κ1) is 10.4. The number of rotatable bonds is 4. The van der Waals surface area contributed by atoms with Crippen LogP contribution in [0.5, 0.6) is 0 Å². The second-order valence-electron chi connectivity index (χ2n) is 4.37. The van der Waals surface area contributed by atoms with Crippen LogP contribution in [0.15, 0.2) is 24.3 Å². The van der Waals surface area contributed by atoms with Gasteiger partial charge in [0, 0.05) is 17.5 Å². The number of aryl methyl sites for hydroxylation is 1. The van der Waals surface area contributed by atoms with Gasteiger partial charge in [0.2, 0.25) is 0 Å². The molecule has 1 aliphatic rings. The van der Waals surface area contributed by atoms with E-state index in [1.54, 1.807) is 0 Å². The summed E-state index contributed by atoms with van der Waals surface area (Å²) in [6, 6.07) is 7.91. The molecule has 1 saturated carbocycles. The van der Waals surface area contributed by atoms with Crippen molar-refractivity contribution in [3.05, 3.63) is 35.4 Å². The molecule has 2 N–H and O–H groups in total. The molecule has 0 radical (unpaired) electrons. The van der Waals surface area contributed by atoms with Crippen LogP contribution >= 0.6 is 0 Å². The van der Waals surface area contributed by atoms with Crippen LogP contribution in [-0.4, -0.2) is 12.3 Å². The number of hydrogen-bond donors (Lipinski definition) is 1. The van der Waals surface area contributed by atoms with Crippen LogP contribution in [-0.2, 0) is 6.42 Å². The number of benzene rings is 1.